The number of carboxylic acid groups (broad SMARTS) is 1. The summed E-state index contributed by atoms with van der Waals surface area (Å²) in [5.74, 6) is -0.499. The zero-order valence-electron chi connectivity index (χ0n) is 11.8. The molecule has 2 aliphatic rings. The topological polar surface area (TPSA) is 50.2 Å². The zero-order chi connectivity index (χ0) is 14.4. The number of aromatic nitrogens is 1. The molecular weight excluding hydrogens is 262 g/mol. The summed E-state index contributed by atoms with van der Waals surface area (Å²) in [5.41, 5.74) is 5.81. The van der Waals surface area contributed by atoms with Crippen LogP contribution in [0.15, 0.2) is 30.3 Å². The van der Waals surface area contributed by atoms with E-state index in [0.717, 1.165) is 49.1 Å². The molecule has 0 unspecified atom stereocenters. The molecule has 2 aliphatic carbocycles. The minimum Gasteiger partial charge on any atom is -0.478 e. The number of rotatable bonds is 2. The van der Waals surface area contributed by atoms with Crippen LogP contribution < -0.4 is 0 Å². The van der Waals surface area contributed by atoms with Crippen molar-refractivity contribution >= 4 is 5.97 Å². The first kappa shape index (κ1) is 12.6. The lowest BCUT2D eigenvalue weighted by Crippen LogP contribution is -2.07. The highest BCUT2D eigenvalue weighted by Gasteiger charge is 2.31. The summed E-state index contributed by atoms with van der Waals surface area (Å²) < 4.78 is 0. The Kier molecular flexibility index (Phi) is 2.81. The second-order valence-corrected chi connectivity index (χ2v) is 6.02. The molecule has 106 valence electrons. The van der Waals surface area contributed by atoms with Gasteiger partial charge in [0, 0.05) is 11.5 Å². The van der Waals surface area contributed by atoms with Crippen molar-refractivity contribution in [1.82, 2.24) is 4.98 Å². The molecule has 4 rings (SSSR count). The fourth-order valence-electron chi connectivity index (χ4n) is 3.27. The van der Waals surface area contributed by atoms with Crippen molar-refractivity contribution < 1.29 is 9.90 Å². The van der Waals surface area contributed by atoms with E-state index in [9.17, 15) is 9.90 Å². The summed E-state index contributed by atoms with van der Waals surface area (Å²) in [6, 6.07) is 10.3. The summed E-state index contributed by atoms with van der Waals surface area (Å²) in [4.78, 5) is 16.3. The number of pyridine rings is 1. The zero-order valence-corrected chi connectivity index (χ0v) is 11.8. The Morgan fingerprint density at radius 1 is 1.14 bits per heavy atom. The average molecular weight is 279 g/mol. The van der Waals surface area contributed by atoms with Crippen LogP contribution in [0.2, 0.25) is 0 Å². The number of hydrogen-bond donors (Lipinski definition) is 1. The Labute approximate surface area is 123 Å². The summed E-state index contributed by atoms with van der Waals surface area (Å²) in [6.45, 7) is 0. The summed E-state index contributed by atoms with van der Waals surface area (Å²) in [6.07, 6.45) is 5.12. The number of carbonyl (C=O) groups is 1. The Bertz CT molecular complexity index is 732. The minimum absolute atomic E-state index is 0.344. The van der Waals surface area contributed by atoms with Crippen molar-refractivity contribution in [2.45, 2.75) is 38.0 Å². The van der Waals surface area contributed by atoms with Gasteiger partial charge in [-0.15, -0.1) is 0 Å². The summed E-state index contributed by atoms with van der Waals surface area (Å²) in [5, 5.41) is 9.47. The van der Waals surface area contributed by atoms with Crippen LogP contribution in [0.3, 0.4) is 0 Å². The molecule has 3 heteroatoms. The van der Waals surface area contributed by atoms with Gasteiger partial charge in [0.05, 0.1) is 17.0 Å². The van der Waals surface area contributed by atoms with Crippen molar-refractivity contribution in [3.05, 3.63) is 52.7 Å². The Morgan fingerprint density at radius 3 is 2.67 bits per heavy atom. The summed E-state index contributed by atoms with van der Waals surface area (Å²) in [7, 11) is 0. The maximum absolute atomic E-state index is 11.5. The molecule has 1 N–H and O–H groups in total. The second-order valence-electron chi connectivity index (χ2n) is 6.02. The molecule has 0 atom stereocenters. The number of aromatic carboxylic acids is 1. The maximum Gasteiger partial charge on any atom is 0.337 e. The van der Waals surface area contributed by atoms with E-state index >= 15 is 0 Å². The molecule has 1 heterocycles. The van der Waals surface area contributed by atoms with E-state index < -0.39 is 5.97 Å². The summed E-state index contributed by atoms with van der Waals surface area (Å²) >= 11 is 0. The van der Waals surface area contributed by atoms with Crippen molar-refractivity contribution in [3.8, 4) is 11.3 Å². The molecule has 1 fully saturated rings. The highest BCUT2D eigenvalue weighted by molar-refractivity contribution is 5.90. The first-order chi connectivity index (χ1) is 10.2. The maximum atomic E-state index is 11.5. The van der Waals surface area contributed by atoms with E-state index in [-0.39, 0.29) is 0 Å². The molecule has 0 amide bonds. The van der Waals surface area contributed by atoms with Crippen LogP contribution in [-0.2, 0) is 12.8 Å². The Balaban J connectivity index is 1.96. The van der Waals surface area contributed by atoms with Gasteiger partial charge in [-0.25, -0.2) is 4.79 Å². The van der Waals surface area contributed by atoms with Crippen LogP contribution in [0.1, 0.15) is 52.4 Å². The lowest BCUT2D eigenvalue weighted by atomic mass is 9.98. The van der Waals surface area contributed by atoms with Crippen LogP contribution >= 0.6 is 0 Å². The van der Waals surface area contributed by atoms with Crippen molar-refractivity contribution in [3.63, 3.8) is 0 Å². The smallest absolute Gasteiger partial charge is 0.337 e. The average Bonchev–Trinajstić information content (AvgIpc) is 3.32. The quantitative estimate of drug-likeness (QED) is 0.909. The lowest BCUT2D eigenvalue weighted by molar-refractivity contribution is 0.0695. The fraction of sp³-hybridized carbons (Fsp3) is 0.333. The van der Waals surface area contributed by atoms with Crippen molar-refractivity contribution in [2.24, 2.45) is 0 Å². The molecule has 3 nitrogen and oxygen atoms in total. The number of hydrogen-bond acceptors (Lipinski definition) is 2. The second kappa shape index (κ2) is 4.69. The van der Waals surface area contributed by atoms with E-state index in [1.165, 1.54) is 11.1 Å². The molecule has 0 spiro atoms. The van der Waals surface area contributed by atoms with Gasteiger partial charge < -0.3 is 5.11 Å². The van der Waals surface area contributed by atoms with Gasteiger partial charge in [-0.1, -0.05) is 24.3 Å². The van der Waals surface area contributed by atoms with E-state index in [0.29, 0.717) is 11.5 Å². The van der Waals surface area contributed by atoms with E-state index in [1.807, 2.05) is 12.1 Å². The number of benzene rings is 1. The highest BCUT2D eigenvalue weighted by atomic mass is 16.4. The molecule has 0 saturated heterocycles. The molecule has 0 aliphatic heterocycles. The van der Waals surface area contributed by atoms with Crippen LogP contribution in [0.5, 0.6) is 0 Å². The number of nitrogens with zero attached hydrogens (tertiary/aromatic N) is 1. The van der Waals surface area contributed by atoms with Crippen LogP contribution in [0.25, 0.3) is 11.3 Å². The molecular formula is C18H17NO2. The van der Waals surface area contributed by atoms with Gasteiger partial charge in [-0.2, -0.15) is 0 Å². The molecule has 1 saturated carbocycles. The molecule has 2 aromatic rings. The molecule has 0 bridgehead atoms. The van der Waals surface area contributed by atoms with Crippen molar-refractivity contribution in [1.29, 1.82) is 0 Å². The predicted octanol–water partition coefficient (Wildman–Crippen LogP) is 3.81. The molecule has 21 heavy (non-hydrogen) atoms. The van der Waals surface area contributed by atoms with Crippen molar-refractivity contribution in [2.75, 3.05) is 0 Å². The third-order valence-corrected chi connectivity index (χ3v) is 4.49. The van der Waals surface area contributed by atoms with E-state index in [4.69, 9.17) is 4.98 Å². The third kappa shape index (κ3) is 2.13. The van der Waals surface area contributed by atoms with Gasteiger partial charge >= 0.3 is 5.97 Å². The molecule has 0 radical (unpaired) electrons. The van der Waals surface area contributed by atoms with Gasteiger partial charge in [0.1, 0.15) is 0 Å². The predicted molar refractivity (Wildman–Crippen MR) is 80.6 cm³/mol. The molecule has 1 aromatic carbocycles. The SMILES string of the molecule is O=C(O)c1cc2c(nc1C1CC1)-c1ccccc1CCC2. The van der Waals surface area contributed by atoms with Gasteiger partial charge in [-0.3, -0.25) is 4.98 Å². The highest BCUT2D eigenvalue weighted by Crippen LogP contribution is 2.43. The number of carboxylic acids is 1. The van der Waals surface area contributed by atoms with E-state index in [2.05, 4.69) is 18.2 Å². The lowest BCUT2D eigenvalue weighted by Gasteiger charge is -2.13. The van der Waals surface area contributed by atoms with Crippen LogP contribution in [0, 0.1) is 0 Å². The minimum atomic E-state index is -0.843. The largest absolute Gasteiger partial charge is 0.478 e. The Hall–Kier alpha value is -2.16. The monoisotopic (exact) mass is 279 g/mol. The third-order valence-electron chi connectivity index (χ3n) is 4.49. The Morgan fingerprint density at radius 2 is 1.90 bits per heavy atom. The van der Waals surface area contributed by atoms with Crippen LogP contribution in [-0.4, -0.2) is 16.1 Å². The number of aryl methyl sites for hydroxylation is 2. The first-order valence-electron chi connectivity index (χ1n) is 7.59. The first-order valence-corrected chi connectivity index (χ1v) is 7.59. The van der Waals surface area contributed by atoms with Gasteiger partial charge in [-0.05, 0) is 49.3 Å². The van der Waals surface area contributed by atoms with Gasteiger partial charge in [0.25, 0.3) is 0 Å². The number of fused-ring (bicyclic) bond motifs is 3. The van der Waals surface area contributed by atoms with Gasteiger partial charge in [0.15, 0.2) is 0 Å². The fourth-order valence-corrected chi connectivity index (χ4v) is 3.27. The normalized spacial score (nSPS) is 16.8. The van der Waals surface area contributed by atoms with Gasteiger partial charge in [0.2, 0.25) is 0 Å². The molecule has 1 aromatic heterocycles. The van der Waals surface area contributed by atoms with E-state index in [1.54, 1.807) is 0 Å². The standard InChI is InChI=1S/C18H17NO2/c20-18(21)15-10-13-6-3-5-11-4-1-2-7-14(11)17(13)19-16(15)12-8-9-12/h1-2,4,7,10,12H,3,5-6,8-9H2,(H,20,21). The van der Waals surface area contributed by atoms with Crippen LogP contribution in [0.4, 0.5) is 0 Å².